The first-order chi connectivity index (χ1) is 9.95. The number of primary amides is 1. The van der Waals surface area contributed by atoms with Crippen LogP contribution in [0.3, 0.4) is 0 Å². The zero-order chi connectivity index (χ0) is 15.6. The third kappa shape index (κ3) is 3.12. The molecule has 0 radical (unpaired) electrons. The minimum atomic E-state index is -0.591. The third-order valence-corrected chi connectivity index (χ3v) is 5.28. The predicted octanol–water partition coefficient (Wildman–Crippen LogP) is 1.42. The lowest BCUT2D eigenvalue weighted by molar-refractivity contribution is 0.0967. The van der Waals surface area contributed by atoms with Crippen molar-refractivity contribution in [2.75, 3.05) is 31.3 Å². The highest BCUT2D eigenvalue weighted by atomic mass is 32.1. The lowest BCUT2D eigenvalue weighted by atomic mass is 10.1. The first kappa shape index (κ1) is 15.6. The topological polar surface area (TPSA) is 101 Å². The molecule has 2 rings (SSSR count). The summed E-state index contributed by atoms with van der Waals surface area (Å²) < 4.78 is 0. The Balaban J connectivity index is 2.32. The molecule has 5 N–H and O–H groups in total. The summed E-state index contributed by atoms with van der Waals surface area (Å²) in [6.07, 6.45) is 4.94. The van der Waals surface area contributed by atoms with E-state index in [2.05, 4.69) is 5.32 Å². The number of nitrogens with one attached hydrogen (secondary N) is 1. The Bertz CT molecular complexity index is 549. The molecule has 1 aromatic heterocycles. The summed E-state index contributed by atoms with van der Waals surface area (Å²) >= 11 is 1.23. The Hall–Kier alpha value is -1.76. The zero-order valence-corrected chi connectivity index (χ0v) is 13.3. The Labute approximate surface area is 128 Å². The van der Waals surface area contributed by atoms with Crippen molar-refractivity contribution in [2.24, 2.45) is 11.7 Å². The number of carbonyl (C=O) groups excluding carboxylic acids is 2. The van der Waals surface area contributed by atoms with Gasteiger partial charge in [-0.3, -0.25) is 9.59 Å². The molecule has 1 aliphatic rings. The average molecular weight is 310 g/mol. The van der Waals surface area contributed by atoms with Gasteiger partial charge in [-0.25, -0.2) is 0 Å². The van der Waals surface area contributed by atoms with Crippen LogP contribution in [0, 0.1) is 5.92 Å². The van der Waals surface area contributed by atoms with Crippen LogP contribution in [0.2, 0.25) is 0 Å². The van der Waals surface area contributed by atoms with Crippen molar-refractivity contribution in [1.82, 2.24) is 5.32 Å². The molecular weight excluding hydrogens is 288 g/mol. The van der Waals surface area contributed by atoms with E-state index in [0.717, 1.165) is 6.54 Å². The smallest absolute Gasteiger partial charge is 0.263 e. The summed E-state index contributed by atoms with van der Waals surface area (Å²) in [7, 11) is 3.46. The van der Waals surface area contributed by atoms with Crippen LogP contribution in [0.5, 0.6) is 0 Å². The minimum Gasteiger partial charge on any atom is -0.397 e. The molecule has 2 amide bonds. The summed E-state index contributed by atoms with van der Waals surface area (Å²) in [5, 5.41) is 3.22. The number of thiophene rings is 1. The van der Waals surface area contributed by atoms with E-state index in [1.807, 2.05) is 11.9 Å². The highest BCUT2D eigenvalue weighted by Gasteiger charge is 2.27. The Kier molecular flexibility index (Phi) is 4.72. The number of hydrogen-bond donors (Lipinski definition) is 3. The maximum Gasteiger partial charge on any atom is 0.263 e. The Morgan fingerprint density at radius 3 is 2.52 bits per heavy atom. The normalized spacial score (nSPS) is 15.1. The fraction of sp³-hybridized carbons (Fsp3) is 0.571. The van der Waals surface area contributed by atoms with Crippen LogP contribution in [-0.2, 0) is 0 Å². The van der Waals surface area contributed by atoms with E-state index < -0.39 is 5.91 Å². The Morgan fingerprint density at radius 1 is 1.38 bits per heavy atom. The van der Waals surface area contributed by atoms with E-state index in [-0.39, 0.29) is 17.2 Å². The first-order valence-electron chi connectivity index (χ1n) is 7.11. The maximum atomic E-state index is 11.8. The van der Waals surface area contributed by atoms with Crippen LogP contribution in [-0.4, -0.2) is 32.5 Å². The van der Waals surface area contributed by atoms with Gasteiger partial charge in [-0.15, -0.1) is 11.3 Å². The van der Waals surface area contributed by atoms with Gasteiger partial charge >= 0.3 is 0 Å². The fourth-order valence-corrected chi connectivity index (χ4v) is 4.03. The molecule has 0 atom stereocenters. The van der Waals surface area contributed by atoms with Crippen molar-refractivity contribution in [2.45, 2.75) is 25.7 Å². The third-order valence-electron chi connectivity index (χ3n) is 3.96. The average Bonchev–Trinajstić information content (AvgIpc) is 3.05. The molecule has 116 valence electrons. The van der Waals surface area contributed by atoms with Crippen molar-refractivity contribution in [1.29, 1.82) is 0 Å². The second kappa shape index (κ2) is 6.34. The standard InChI is InChI=1S/C14H22N4O2S/c1-17-13(20)11-10(15)9(12(16)19)14(21-11)18(2)7-8-5-3-4-6-8/h8H,3-7,15H2,1-2H3,(H2,16,19)(H,17,20). The molecule has 0 unspecified atom stereocenters. The molecule has 0 bridgehead atoms. The second-order valence-corrected chi connectivity index (χ2v) is 6.50. The number of anilines is 2. The monoisotopic (exact) mass is 310 g/mol. The van der Waals surface area contributed by atoms with Gasteiger partial charge < -0.3 is 21.7 Å². The largest absolute Gasteiger partial charge is 0.397 e. The van der Waals surface area contributed by atoms with Crippen LogP contribution in [0.4, 0.5) is 10.7 Å². The number of amides is 2. The number of hydrogen-bond acceptors (Lipinski definition) is 5. The Morgan fingerprint density at radius 2 is 2.00 bits per heavy atom. The van der Waals surface area contributed by atoms with E-state index in [0.29, 0.717) is 15.8 Å². The van der Waals surface area contributed by atoms with E-state index >= 15 is 0 Å². The number of nitrogens with two attached hydrogens (primary N) is 2. The van der Waals surface area contributed by atoms with Crippen LogP contribution in [0.1, 0.15) is 45.7 Å². The number of carbonyl (C=O) groups is 2. The van der Waals surface area contributed by atoms with Gasteiger partial charge in [0.1, 0.15) is 9.88 Å². The number of nitrogens with zero attached hydrogens (tertiary/aromatic N) is 1. The van der Waals surface area contributed by atoms with Crippen LogP contribution in [0.15, 0.2) is 0 Å². The minimum absolute atomic E-state index is 0.181. The highest BCUT2D eigenvalue weighted by molar-refractivity contribution is 7.19. The van der Waals surface area contributed by atoms with Crippen LogP contribution >= 0.6 is 11.3 Å². The summed E-state index contributed by atoms with van der Waals surface area (Å²) in [6, 6.07) is 0. The quantitative estimate of drug-likeness (QED) is 0.765. The second-order valence-electron chi connectivity index (χ2n) is 5.50. The van der Waals surface area contributed by atoms with Gasteiger partial charge in [0, 0.05) is 20.6 Å². The van der Waals surface area contributed by atoms with Crippen LogP contribution < -0.4 is 21.7 Å². The molecular formula is C14H22N4O2S. The molecule has 6 nitrogen and oxygen atoms in total. The summed E-state index contributed by atoms with van der Waals surface area (Å²) in [5.74, 6) is -0.254. The zero-order valence-electron chi connectivity index (χ0n) is 12.4. The first-order valence-corrected chi connectivity index (χ1v) is 7.92. The summed E-state index contributed by atoms with van der Waals surface area (Å²) in [4.78, 5) is 25.9. The van der Waals surface area contributed by atoms with Gasteiger partial charge in [0.15, 0.2) is 0 Å². The SMILES string of the molecule is CNC(=O)c1sc(N(C)CC2CCCC2)c(C(N)=O)c1N. The maximum absolute atomic E-state index is 11.8. The number of rotatable bonds is 5. The van der Waals surface area contributed by atoms with Gasteiger partial charge in [0.2, 0.25) is 0 Å². The summed E-state index contributed by atoms with van der Waals surface area (Å²) in [6.45, 7) is 0.855. The number of nitrogen functional groups attached to an aromatic ring is 1. The van der Waals surface area contributed by atoms with E-state index in [4.69, 9.17) is 11.5 Å². The molecule has 1 saturated carbocycles. The lowest BCUT2D eigenvalue weighted by Gasteiger charge is -2.22. The van der Waals surface area contributed by atoms with E-state index in [9.17, 15) is 9.59 Å². The van der Waals surface area contributed by atoms with E-state index in [1.165, 1.54) is 44.1 Å². The summed E-state index contributed by atoms with van der Waals surface area (Å²) in [5.41, 5.74) is 11.8. The van der Waals surface area contributed by atoms with Crippen LogP contribution in [0.25, 0.3) is 0 Å². The van der Waals surface area contributed by atoms with Gasteiger partial charge in [0.25, 0.3) is 11.8 Å². The van der Waals surface area contributed by atoms with Gasteiger partial charge in [0.05, 0.1) is 11.3 Å². The molecule has 1 heterocycles. The van der Waals surface area contributed by atoms with Crippen molar-refractivity contribution < 1.29 is 9.59 Å². The molecule has 0 aromatic carbocycles. The molecule has 1 fully saturated rings. The predicted molar refractivity (Wildman–Crippen MR) is 85.9 cm³/mol. The molecule has 0 saturated heterocycles. The van der Waals surface area contributed by atoms with Crippen molar-refractivity contribution in [3.8, 4) is 0 Å². The van der Waals surface area contributed by atoms with E-state index in [1.54, 1.807) is 0 Å². The fourth-order valence-electron chi connectivity index (χ4n) is 2.88. The van der Waals surface area contributed by atoms with Crippen molar-refractivity contribution in [3.63, 3.8) is 0 Å². The highest BCUT2D eigenvalue weighted by Crippen LogP contribution is 2.38. The van der Waals surface area contributed by atoms with Crippen molar-refractivity contribution >= 4 is 33.8 Å². The molecule has 0 aliphatic heterocycles. The molecule has 21 heavy (non-hydrogen) atoms. The van der Waals surface area contributed by atoms with Gasteiger partial charge in [-0.2, -0.15) is 0 Å². The molecule has 7 heteroatoms. The molecule has 0 spiro atoms. The lowest BCUT2D eigenvalue weighted by Crippen LogP contribution is -2.26. The molecule has 1 aliphatic carbocycles. The van der Waals surface area contributed by atoms with Gasteiger partial charge in [-0.05, 0) is 18.8 Å². The molecule has 1 aromatic rings. The van der Waals surface area contributed by atoms with Crippen molar-refractivity contribution in [3.05, 3.63) is 10.4 Å². The van der Waals surface area contributed by atoms with Gasteiger partial charge in [-0.1, -0.05) is 12.8 Å².